The number of carbonyl (C=O) groups is 1. The minimum absolute atomic E-state index is 0.0446. The molecule has 1 heterocycles. The Morgan fingerprint density at radius 3 is 2.57 bits per heavy atom. The van der Waals surface area contributed by atoms with Gasteiger partial charge in [-0.05, 0) is 36.8 Å². The monoisotopic (exact) mass is 439 g/mol. The maximum atomic E-state index is 12.6. The van der Waals surface area contributed by atoms with Gasteiger partial charge in [-0.1, -0.05) is 41.4 Å². The Kier molecular flexibility index (Phi) is 5.98. The summed E-state index contributed by atoms with van der Waals surface area (Å²) < 4.78 is 25.2. The summed E-state index contributed by atoms with van der Waals surface area (Å²) in [6.45, 7) is 1.79. The zero-order chi connectivity index (χ0) is 20.5. The van der Waals surface area contributed by atoms with Gasteiger partial charge in [0.25, 0.3) is 0 Å². The number of halogens is 2. The number of fused-ring (bicyclic) bond motifs is 1. The number of nitrogens with zero attached hydrogens (tertiary/aromatic N) is 2. The predicted octanol–water partition coefficient (Wildman–Crippen LogP) is 3.77. The lowest BCUT2D eigenvalue weighted by Crippen LogP contribution is -2.30. The summed E-state index contributed by atoms with van der Waals surface area (Å²) in [6.07, 6.45) is 1.14. The Labute approximate surface area is 173 Å². The standard InChI is InChI=1S/C19H19Cl2N3O3S/c1-12(13-7-8-14(20)15(21)9-13)22-19(25)10-24-17-6-4-3-5-16(17)23-18(24)11-28(2,26)27/h3-9,12H,10-11H2,1-2H3,(H,22,25)/t12-/m0/s1. The summed E-state index contributed by atoms with van der Waals surface area (Å²) in [5.41, 5.74) is 2.17. The van der Waals surface area contributed by atoms with Gasteiger partial charge in [-0.25, -0.2) is 13.4 Å². The highest BCUT2D eigenvalue weighted by Crippen LogP contribution is 2.25. The molecule has 0 bridgehead atoms. The second-order valence-electron chi connectivity index (χ2n) is 6.64. The molecule has 3 aromatic rings. The van der Waals surface area contributed by atoms with Crippen molar-refractivity contribution in [2.75, 3.05) is 6.26 Å². The molecule has 6 nitrogen and oxygen atoms in total. The first-order chi connectivity index (χ1) is 13.1. The Morgan fingerprint density at radius 1 is 1.18 bits per heavy atom. The summed E-state index contributed by atoms with van der Waals surface area (Å²) >= 11 is 12.0. The zero-order valence-corrected chi connectivity index (χ0v) is 17.6. The molecule has 0 fully saturated rings. The third-order valence-corrected chi connectivity index (χ3v) is 5.77. The number of benzene rings is 2. The summed E-state index contributed by atoms with van der Waals surface area (Å²) in [4.78, 5) is 17.0. The average molecular weight is 440 g/mol. The van der Waals surface area contributed by atoms with Crippen LogP contribution in [0.15, 0.2) is 42.5 Å². The molecule has 1 amide bonds. The van der Waals surface area contributed by atoms with Gasteiger partial charge < -0.3 is 9.88 Å². The van der Waals surface area contributed by atoms with E-state index in [1.165, 1.54) is 0 Å². The number of sulfone groups is 1. The third kappa shape index (κ3) is 4.84. The van der Waals surface area contributed by atoms with E-state index in [9.17, 15) is 13.2 Å². The highest BCUT2D eigenvalue weighted by molar-refractivity contribution is 7.89. The molecule has 9 heteroatoms. The number of hydrogen-bond donors (Lipinski definition) is 1. The van der Waals surface area contributed by atoms with Crippen molar-refractivity contribution in [1.29, 1.82) is 0 Å². The predicted molar refractivity (Wildman–Crippen MR) is 111 cm³/mol. The molecular weight excluding hydrogens is 421 g/mol. The van der Waals surface area contributed by atoms with Crippen LogP contribution in [0.5, 0.6) is 0 Å². The topological polar surface area (TPSA) is 81.1 Å². The van der Waals surface area contributed by atoms with Crippen LogP contribution in [0.4, 0.5) is 0 Å². The van der Waals surface area contributed by atoms with Crippen LogP contribution in [0.2, 0.25) is 10.0 Å². The minimum Gasteiger partial charge on any atom is -0.348 e. The number of para-hydroxylation sites is 2. The van der Waals surface area contributed by atoms with Crippen LogP contribution < -0.4 is 5.32 Å². The summed E-state index contributed by atoms with van der Waals surface area (Å²) in [5.74, 6) is -0.172. The molecule has 1 atom stereocenters. The fourth-order valence-corrected chi connectivity index (χ4v) is 3.94. The van der Waals surface area contributed by atoms with Crippen LogP contribution >= 0.6 is 23.2 Å². The van der Waals surface area contributed by atoms with Gasteiger partial charge in [0, 0.05) is 6.26 Å². The number of nitrogens with one attached hydrogen (secondary N) is 1. The molecule has 0 aliphatic carbocycles. The molecule has 0 aliphatic heterocycles. The summed E-state index contributed by atoms with van der Waals surface area (Å²) in [5, 5.41) is 3.75. The Morgan fingerprint density at radius 2 is 1.89 bits per heavy atom. The summed E-state index contributed by atoms with van der Waals surface area (Å²) in [7, 11) is -3.30. The highest BCUT2D eigenvalue weighted by Gasteiger charge is 2.18. The molecule has 0 radical (unpaired) electrons. The quantitative estimate of drug-likeness (QED) is 0.633. The van der Waals surface area contributed by atoms with E-state index in [2.05, 4.69) is 10.3 Å². The number of rotatable bonds is 6. The maximum absolute atomic E-state index is 12.6. The van der Waals surface area contributed by atoms with Gasteiger partial charge in [0.2, 0.25) is 5.91 Å². The largest absolute Gasteiger partial charge is 0.348 e. The van der Waals surface area contributed by atoms with Crippen molar-refractivity contribution in [2.45, 2.75) is 25.3 Å². The van der Waals surface area contributed by atoms with Crippen LogP contribution in [-0.2, 0) is 26.9 Å². The van der Waals surface area contributed by atoms with E-state index in [0.29, 0.717) is 26.9 Å². The van der Waals surface area contributed by atoms with Crippen molar-refractivity contribution in [3.8, 4) is 0 Å². The fourth-order valence-electron chi connectivity index (χ4n) is 2.94. The first-order valence-electron chi connectivity index (χ1n) is 8.50. The van der Waals surface area contributed by atoms with E-state index < -0.39 is 9.84 Å². The van der Waals surface area contributed by atoms with Crippen molar-refractivity contribution in [3.63, 3.8) is 0 Å². The third-order valence-electron chi connectivity index (χ3n) is 4.25. The Bertz CT molecular complexity index is 1140. The molecule has 3 rings (SSSR count). The van der Waals surface area contributed by atoms with Gasteiger partial charge in [0.05, 0.1) is 27.1 Å². The SMILES string of the molecule is C[C@H](NC(=O)Cn1c(CS(C)(=O)=O)nc2ccccc21)c1ccc(Cl)c(Cl)c1. The molecule has 0 saturated carbocycles. The van der Waals surface area contributed by atoms with Gasteiger partial charge in [0.1, 0.15) is 18.1 Å². The van der Waals surface area contributed by atoms with E-state index in [4.69, 9.17) is 23.2 Å². The lowest BCUT2D eigenvalue weighted by molar-refractivity contribution is -0.122. The Balaban J connectivity index is 1.84. The molecule has 1 N–H and O–H groups in total. The lowest BCUT2D eigenvalue weighted by atomic mass is 10.1. The molecule has 0 aliphatic rings. The van der Waals surface area contributed by atoms with Crippen molar-refractivity contribution < 1.29 is 13.2 Å². The number of amides is 1. The molecule has 0 saturated heterocycles. The van der Waals surface area contributed by atoms with Gasteiger partial charge in [-0.15, -0.1) is 0 Å². The van der Waals surface area contributed by atoms with Gasteiger partial charge in [-0.3, -0.25) is 4.79 Å². The second kappa shape index (κ2) is 8.11. The molecular formula is C19H19Cl2N3O3S. The normalized spacial score (nSPS) is 12.9. The number of hydrogen-bond acceptors (Lipinski definition) is 4. The molecule has 148 valence electrons. The fraction of sp³-hybridized carbons (Fsp3) is 0.263. The van der Waals surface area contributed by atoms with E-state index in [-0.39, 0.29) is 24.2 Å². The van der Waals surface area contributed by atoms with Gasteiger partial charge in [-0.2, -0.15) is 0 Å². The average Bonchev–Trinajstić information content (AvgIpc) is 2.92. The number of imidazole rings is 1. The van der Waals surface area contributed by atoms with E-state index >= 15 is 0 Å². The van der Waals surface area contributed by atoms with E-state index in [0.717, 1.165) is 11.8 Å². The number of aromatic nitrogens is 2. The van der Waals surface area contributed by atoms with Crippen molar-refractivity contribution in [1.82, 2.24) is 14.9 Å². The van der Waals surface area contributed by atoms with Gasteiger partial charge in [0.15, 0.2) is 9.84 Å². The van der Waals surface area contributed by atoms with Crippen LogP contribution in [0.25, 0.3) is 11.0 Å². The summed E-state index contributed by atoms with van der Waals surface area (Å²) in [6, 6.07) is 12.1. The van der Waals surface area contributed by atoms with Crippen LogP contribution in [0.1, 0.15) is 24.4 Å². The van der Waals surface area contributed by atoms with Gasteiger partial charge >= 0.3 is 0 Å². The first kappa shape index (κ1) is 20.6. The molecule has 1 aromatic heterocycles. The maximum Gasteiger partial charge on any atom is 0.240 e. The minimum atomic E-state index is -3.30. The second-order valence-corrected chi connectivity index (χ2v) is 9.59. The van der Waals surface area contributed by atoms with Crippen molar-refractivity contribution in [2.24, 2.45) is 0 Å². The van der Waals surface area contributed by atoms with Crippen LogP contribution in [0, 0.1) is 0 Å². The lowest BCUT2D eigenvalue weighted by Gasteiger charge is -2.16. The first-order valence-corrected chi connectivity index (χ1v) is 11.3. The Hall–Kier alpha value is -2.09. The molecule has 2 aromatic carbocycles. The van der Waals surface area contributed by atoms with E-state index in [1.807, 2.05) is 25.1 Å². The molecule has 0 spiro atoms. The van der Waals surface area contributed by atoms with Crippen molar-refractivity contribution in [3.05, 3.63) is 63.9 Å². The van der Waals surface area contributed by atoms with Crippen LogP contribution in [-0.4, -0.2) is 30.1 Å². The number of carbonyl (C=O) groups excluding carboxylic acids is 1. The van der Waals surface area contributed by atoms with E-state index in [1.54, 1.807) is 28.8 Å². The highest BCUT2D eigenvalue weighted by atomic mass is 35.5. The smallest absolute Gasteiger partial charge is 0.240 e. The van der Waals surface area contributed by atoms with Crippen LogP contribution in [0.3, 0.4) is 0 Å². The van der Waals surface area contributed by atoms with Crippen molar-refractivity contribution >= 4 is 50.0 Å². The molecule has 0 unspecified atom stereocenters. The zero-order valence-electron chi connectivity index (χ0n) is 15.3. The molecule has 28 heavy (non-hydrogen) atoms.